The van der Waals surface area contributed by atoms with Crippen LogP contribution in [0.2, 0.25) is 5.02 Å². The number of benzene rings is 1. The molecule has 1 aromatic carbocycles. The van der Waals surface area contributed by atoms with Gasteiger partial charge < -0.3 is 5.11 Å². The van der Waals surface area contributed by atoms with Crippen LogP contribution in [0.1, 0.15) is 5.82 Å². The van der Waals surface area contributed by atoms with Crippen LogP contribution >= 0.6 is 23.4 Å². The van der Waals surface area contributed by atoms with Gasteiger partial charge in [-0.1, -0.05) is 11.6 Å². The number of carboxylic acid groups (broad SMARTS) is 1. The highest BCUT2D eigenvalue weighted by Gasteiger charge is 2.09. The number of carboxylic acids is 1. The average molecular weight is 285 g/mol. The van der Waals surface area contributed by atoms with Crippen LogP contribution in [-0.2, 0) is 10.5 Å². The molecule has 0 amide bonds. The van der Waals surface area contributed by atoms with Crippen LogP contribution in [0.25, 0.3) is 5.69 Å². The fraction of sp³-hybridized carbons (Fsp3) is 0.200. The van der Waals surface area contributed by atoms with Crippen molar-refractivity contribution in [2.24, 2.45) is 0 Å². The van der Waals surface area contributed by atoms with Gasteiger partial charge in [0.15, 0.2) is 5.82 Å². The molecule has 1 N–H and O–H groups in total. The number of aromatic nitrogens is 4. The van der Waals surface area contributed by atoms with Gasteiger partial charge in [0, 0.05) is 5.02 Å². The molecule has 0 saturated heterocycles. The second kappa shape index (κ2) is 5.83. The molecule has 0 unspecified atom stereocenters. The number of nitrogens with zero attached hydrogens (tertiary/aromatic N) is 4. The maximum atomic E-state index is 10.4. The first-order valence-electron chi connectivity index (χ1n) is 4.99. The maximum absolute atomic E-state index is 10.4. The van der Waals surface area contributed by atoms with Gasteiger partial charge in [-0.3, -0.25) is 4.79 Å². The summed E-state index contributed by atoms with van der Waals surface area (Å²) in [4.78, 5) is 10.4. The van der Waals surface area contributed by atoms with Crippen LogP contribution in [0.15, 0.2) is 24.3 Å². The van der Waals surface area contributed by atoms with Crippen molar-refractivity contribution in [1.82, 2.24) is 20.2 Å². The Morgan fingerprint density at radius 3 is 2.78 bits per heavy atom. The molecule has 6 nitrogen and oxygen atoms in total. The Bertz CT molecular complexity index is 543. The lowest BCUT2D eigenvalue weighted by Gasteiger charge is -2.03. The minimum absolute atomic E-state index is 0.0213. The summed E-state index contributed by atoms with van der Waals surface area (Å²) in [6.45, 7) is 0. The molecular weight excluding hydrogens is 276 g/mol. The van der Waals surface area contributed by atoms with Crippen LogP contribution in [0.5, 0.6) is 0 Å². The molecule has 0 spiro atoms. The number of hydrogen-bond donors (Lipinski definition) is 1. The van der Waals surface area contributed by atoms with Gasteiger partial charge in [0.2, 0.25) is 0 Å². The second-order valence-corrected chi connectivity index (χ2v) is 4.79. The number of carbonyl (C=O) groups is 1. The van der Waals surface area contributed by atoms with E-state index in [1.807, 2.05) is 0 Å². The van der Waals surface area contributed by atoms with Crippen molar-refractivity contribution in [3.05, 3.63) is 35.1 Å². The molecule has 0 fully saturated rings. The molecule has 0 aliphatic heterocycles. The smallest absolute Gasteiger partial charge is 0.313 e. The number of tetrazole rings is 1. The van der Waals surface area contributed by atoms with E-state index in [1.54, 1.807) is 28.9 Å². The standard InChI is InChI=1S/C10H9ClN4O2S/c11-7-1-3-8(4-2-7)15-9(12-13-14-15)5-18-6-10(16)17/h1-4H,5-6H2,(H,16,17). The fourth-order valence-corrected chi connectivity index (χ4v) is 2.07. The summed E-state index contributed by atoms with van der Waals surface area (Å²) in [5, 5.41) is 20.5. The van der Waals surface area contributed by atoms with E-state index in [4.69, 9.17) is 16.7 Å². The first-order valence-corrected chi connectivity index (χ1v) is 6.53. The SMILES string of the molecule is O=C(O)CSCc1nnnn1-c1ccc(Cl)cc1. The number of thioether (sulfide) groups is 1. The molecule has 94 valence electrons. The Kier molecular flexibility index (Phi) is 4.16. The van der Waals surface area contributed by atoms with Gasteiger partial charge in [0.25, 0.3) is 0 Å². The highest BCUT2D eigenvalue weighted by Crippen LogP contribution is 2.16. The minimum atomic E-state index is -0.856. The van der Waals surface area contributed by atoms with Gasteiger partial charge in [0.1, 0.15) is 0 Å². The van der Waals surface area contributed by atoms with E-state index in [1.165, 1.54) is 11.8 Å². The third-order valence-corrected chi connectivity index (χ3v) is 3.23. The van der Waals surface area contributed by atoms with Gasteiger partial charge in [-0.2, -0.15) is 4.68 Å². The van der Waals surface area contributed by atoms with Crippen molar-refractivity contribution in [1.29, 1.82) is 0 Å². The van der Waals surface area contributed by atoms with Crippen molar-refractivity contribution < 1.29 is 9.90 Å². The Morgan fingerprint density at radius 1 is 1.39 bits per heavy atom. The molecule has 2 rings (SSSR count). The first-order chi connectivity index (χ1) is 8.66. The molecule has 0 radical (unpaired) electrons. The zero-order chi connectivity index (χ0) is 13.0. The lowest BCUT2D eigenvalue weighted by atomic mass is 10.3. The van der Waals surface area contributed by atoms with E-state index >= 15 is 0 Å². The summed E-state index contributed by atoms with van der Waals surface area (Å²) in [6.07, 6.45) is 0. The lowest BCUT2D eigenvalue weighted by Crippen LogP contribution is -2.04. The summed E-state index contributed by atoms with van der Waals surface area (Å²) >= 11 is 7.04. The molecule has 0 aliphatic rings. The lowest BCUT2D eigenvalue weighted by molar-refractivity contribution is -0.133. The van der Waals surface area contributed by atoms with E-state index < -0.39 is 5.97 Å². The molecule has 8 heteroatoms. The number of halogens is 1. The zero-order valence-electron chi connectivity index (χ0n) is 9.15. The van der Waals surface area contributed by atoms with Crippen molar-refractivity contribution in [2.45, 2.75) is 5.75 Å². The summed E-state index contributed by atoms with van der Waals surface area (Å²) in [6, 6.07) is 7.08. The van der Waals surface area contributed by atoms with Gasteiger partial charge in [-0.15, -0.1) is 16.9 Å². The number of aliphatic carboxylic acids is 1. The van der Waals surface area contributed by atoms with Crippen molar-refractivity contribution in [2.75, 3.05) is 5.75 Å². The largest absolute Gasteiger partial charge is 0.481 e. The Hall–Kier alpha value is -1.60. The van der Waals surface area contributed by atoms with Gasteiger partial charge in [0.05, 0.1) is 17.2 Å². The monoisotopic (exact) mass is 284 g/mol. The number of rotatable bonds is 5. The molecule has 1 aromatic heterocycles. The highest BCUT2D eigenvalue weighted by atomic mass is 35.5. The van der Waals surface area contributed by atoms with Gasteiger partial charge in [-0.05, 0) is 34.7 Å². The quantitative estimate of drug-likeness (QED) is 0.899. The van der Waals surface area contributed by atoms with Crippen LogP contribution in [-0.4, -0.2) is 37.0 Å². The van der Waals surface area contributed by atoms with Crippen molar-refractivity contribution >= 4 is 29.3 Å². The number of hydrogen-bond acceptors (Lipinski definition) is 5. The molecule has 0 saturated carbocycles. The van der Waals surface area contributed by atoms with Gasteiger partial charge >= 0.3 is 5.97 Å². The molecule has 0 bridgehead atoms. The highest BCUT2D eigenvalue weighted by molar-refractivity contribution is 7.99. The van der Waals surface area contributed by atoms with E-state index in [0.29, 0.717) is 16.6 Å². The molecular formula is C10H9ClN4O2S. The topological polar surface area (TPSA) is 80.9 Å². The van der Waals surface area contributed by atoms with Crippen molar-refractivity contribution in [3.63, 3.8) is 0 Å². The molecule has 2 aromatic rings. The Balaban J connectivity index is 2.12. The molecule has 1 heterocycles. The van der Waals surface area contributed by atoms with Crippen LogP contribution in [0.4, 0.5) is 0 Å². The average Bonchev–Trinajstić information content (AvgIpc) is 2.78. The van der Waals surface area contributed by atoms with E-state index in [9.17, 15) is 4.79 Å². The predicted molar refractivity (Wildman–Crippen MR) is 68.0 cm³/mol. The Labute approximate surface area is 112 Å². The third-order valence-electron chi connectivity index (χ3n) is 2.06. The fourth-order valence-electron chi connectivity index (χ4n) is 1.31. The van der Waals surface area contributed by atoms with Crippen LogP contribution < -0.4 is 0 Å². The Morgan fingerprint density at radius 2 is 2.11 bits per heavy atom. The second-order valence-electron chi connectivity index (χ2n) is 3.37. The molecule has 0 aliphatic carbocycles. The maximum Gasteiger partial charge on any atom is 0.313 e. The summed E-state index contributed by atoms with van der Waals surface area (Å²) in [5.74, 6) is 0.198. The first kappa shape index (κ1) is 12.8. The van der Waals surface area contributed by atoms with Gasteiger partial charge in [-0.25, -0.2) is 0 Å². The summed E-state index contributed by atoms with van der Waals surface area (Å²) in [5.41, 5.74) is 0.787. The van der Waals surface area contributed by atoms with Crippen molar-refractivity contribution in [3.8, 4) is 5.69 Å². The van der Waals surface area contributed by atoms with Crippen LogP contribution in [0.3, 0.4) is 0 Å². The van der Waals surface area contributed by atoms with Crippen LogP contribution in [0, 0.1) is 0 Å². The molecule has 18 heavy (non-hydrogen) atoms. The summed E-state index contributed by atoms with van der Waals surface area (Å²) in [7, 11) is 0. The summed E-state index contributed by atoms with van der Waals surface area (Å²) < 4.78 is 1.56. The normalized spacial score (nSPS) is 10.5. The van der Waals surface area contributed by atoms with E-state index in [2.05, 4.69) is 15.5 Å². The molecule has 0 atom stereocenters. The van der Waals surface area contributed by atoms with E-state index in [-0.39, 0.29) is 5.75 Å². The van der Waals surface area contributed by atoms with E-state index in [0.717, 1.165) is 5.69 Å². The zero-order valence-corrected chi connectivity index (χ0v) is 10.7. The third kappa shape index (κ3) is 3.21. The predicted octanol–water partition coefficient (Wildman–Crippen LogP) is 1.63. The minimum Gasteiger partial charge on any atom is -0.481 e.